The molecule has 1 aliphatic carbocycles. The predicted molar refractivity (Wildman–Crippen MR) is 57.3 cm³/mol. The van der Waals surface area contributed by atoms with E-state index in [1.54, 1.807) is 0 Å². The molecule has 1 fully saturated rings. The minimum atomic E-state index is -0.690. The fourth-order valence-electron chi connectivity index (χ4n) is 2.42. The molecule has 2 rings (SSSR count). The van der Waals surface area contributed by atoms with Crippen LogP contribution in [-0.4, -0.2) is 5.78 Å². The van der Waals surface area contributed by atoms with Gasteiger partial charge in [-0.15, -0.1) is 0 Å². The molecule has 0 unspecified atom stereocenters. The van der Waals surface area contributed by atoms with Gasteiger partial charge >= 0.3 is 0 Å². The van der Waals surface area contributed by atoms with Crippen molar-refractivity contribution in [3.63, 3.8) is 0 Å². The van der Waals surface area contributed by atoms with Crippen molar-refractivity contribution in [2.24, 2.45) is 5.41 Å². The first kappa shape index (κ1) is 11.2. The standard InChI is InChI=1S/C13H14F2O/c1-13(4-2-3-5-13)12(16)9-6-10(14)8-11(15)7-9/h6-8H,2-5H2,1H3. The third-order valence-electron chi connectivity index (χ3n) is 3.38. The fourth-order valence-corrected chi connectivity index (χ4v) is 2.42. The Morgan fingerprint density at radius 1 is 1.12 bits per heavy atom. The summed E-state index contributed by atoms with van der Waals surface area (Å²) in [7, 11) is 0. The third kappa shape index (κ3) is 1.99. The molecule has 1 aromatic rings. The largest absolute Gasteiger partial charge is 0.294 e. The maximum Gasteiger partial charge on any atom is 0.168 e. The van der Waals surface area contributed by atoms with Gasteiger partial charge < -0.3 is 0 Å². The number of halogens is 2. The van der Waals surface area contributed by atoms with E-state index in [0.29, 0.717) is 0 Å². The van der Waals surface area contributed by atoms with Crippen molar-refractivity contribution in [1.82, 2.24) is 0 Å². The van der Waals surface area contributed by atoms with Gasteiger partial charge in [-0.1, -0.05) is 19.8 Å². The molecule has 3 heteroatoms. The van der Waals surface area contributed by atoms with Crippen molar-refractivity contribution in [3.05, 3.63) is 35.4 Å². The predicted octanol–water partition coefficient (Wildman–Crippen LogP) is 3.73. The van der Waals surface area contributed by atoms with E-state index in [9.17, 15) is 13.6 Å². The van der Waals surface area contributed by atoms with Crippen LogP contribution in [0.25, 0.3) is 0 Å². The molecule has 0 amide bonds. The summed E-state index contributed by atoms with van der Waals surface area (Å²) in [5, 5.41) is 0. The lowest BCUT2D eigenvalue weighted by Gasteiger charge is -2.21. The second-order valence-electron chi connectivity index (χ2n) is 4.76. The van der Waals surface area contributed by atoms with Crippen LogP contribution >= 0.6 is 0 Å². The topological polar surface area (TPSA) is 17.1 Å². The van der Waals surface area contributed by atoms with Crippen molar-refractivity contribution < 1.29 is 13.6 Å². The fraction of sp³-hybridized carbons (Fsp3) is 0.462. The van der Waals surface area contributed by atoms with Gasteiger partial charge in [-0.25, -0.2) is 8.78 Å². The summed E-state index contributed by atoms with van der Waals surface area (Å²) in [5.74, 6) is -1.52. The van der Waals surface area contributed by atoms with Crippen molar-refractivity contribution in [2.45, 2.75) is 32.6 Å². The van der Waals surface area contributed by atoms with Crippen LogP contribution in [0.4, 0.5) is 8.78 Å². The Balaban J connectivity index is 2.33. The number of benzene rings is 1. The molecular formula is C13H14F2O. The molecule has 0 heterocycles. The van der Waals surface area contributed by atoms with Crippen LogP contribution in [-0.2, 0) is 0 Å². The maximum atomic E-state index is 13.0. The molecule has 1 saturated carbocycles. The normalized spacial score (nSPS) is 18.7. The second-order valence-corrected chi connectivity index (χ2v) is 4.76. The molecule has 86 valence electrons. The van der Waals surface area contributed by atoms with E-state index in [1.807, 2.05) is 6.92 Å². The van der Waals surface area contributed by atoms with Gasteiger partial charge in [-0.3, -0.25) is 4.79 Å². The first-order valence-corrected chi connectivity index (χ1v) is 5.52. The van der Waals surface area contributed by atoms with Crippen LogP contribution in [0.3, 0.4) is 0 Å². The lowest BCUT2D eigenvalue weighted by atomic mass is 9.81. The van der Waals surface area contributed by atoms with Crippen molar-refractivity contribution in [2.75, 3.05) is 0 Å². The molecule has 1 aliphatic rings. The van der Waals surface area contributed by atoms with Crippen LogP contribution in [0.5, 0.6) is 0 Å². The minimum absolute atomic E-state index is 0.136. The van der Waals surface area contributed by atoms with E-state index in [2.05, 4.69) is 0 Å². The van der Waals surface area contributed by atoms with Gasteiger partial charge in [0.2, 0.25) is 0 Å². The Bertz CT molecular complexity index is 400. The summed E-state index contributed by atoms with van der Waals surface area (Å²) in [6.07, 6.45) is 3.65. The Morgan fingerprint density at radius 3 is 2.12 bits per heavy atom. The zero-order chi connectivity index (χ0) is 11.8. The first-order chi connectivity index (χ1) is 7.51. The molecule has 0 atom stereocenters. The van der Waals surface area contributed by atoms with E-state index in [1.165, 1.54) is 0 Å². The Morgan fingerprint density at radius 2 is 1.62 bits per heavy atom. The number of carbonyl (C=O) groups excluding carboxylic acids is 1. The van der Waals surface area contributed by atoms with Crippen molar-refractivity contribution in [1.29, 1.82) is 0 Å². The van der Waals surface area contributed by atoms with Gasteiger partial charge in [0, 0.05) is 17.0 Å². The molecule has 0 aliphatic heterocycles. The van der Waals surface area contributed by atoms with Gasteiger partial charge in [0.05, 0.1) is 0 Å². The molecule has 16 heavy (non-hydrogen) atoms. The average Bonchev–Trinajstić information content (AvgIpc) is 2.64. The Labute approximate surface area is 93.5 Å². The molecule has 0 saturated heterocycles. The monoisotopic (exact) mass is 224 g/mol. The summed E-state index contributed by atoms with van der Waals surface area (Å²) in [4.78, 5) is 12.1. The summed E-state index contributed by atoms with van der Waals surface area (Å²) < 4.78 is 26.0. The summed E-state index contributed by atoms with van der Waals surface area (Å²) in [6, 6.07) is 3.03. The van der Waals surface area contributed by atoms with Gasteiger partial charge in [0.15, 0.2) is 5.78 Å². The van der Waals surface area contributed by atoms with Crippen LogP contribution in [0.2, 0.25) is 0 Å². The highest BCUT2D eigenvalue weighted by molar-refractivity contribution is 6.00. The van der Waals surface area contributed by atoms with E-state index in [0.717, 1.165) is 43.9 Å². The Kier molecular flexibility index (Phi) is 2.78. The van der Waals surface area contributed by atoms with Gasteiger partial charge in [-0.05, 0) is 25.0 Å². The molecule has 0 radical (unpaired) electrons. The lowest BCUT2D eigenvalue weighted by molar-refractivity contribution is 0.0822. The molecule has 0 bridgehead atoms. The van der Waals surface area contributed by atoms with Crippen molar-refractivity contribution >= 4 is 5.78 Å². The SMILES string of the molecule is CC1(C(=O)c2cc(F)cc(F)c2)CCCC1. The number of hydrogen-bond donors (Lipinski definition) is 0. The zero-order valence-electron chi connectivity index (χ0n) is 9.22. The smallest absolute Gasteiger partial charge is 0.168 e. The zero-order valence-corrected chi connectivity index (χ0v) is 9.22. The molecule has 1 aromatic carbocycles. The second kappa shape index (κ2) is 3.96. The van der Waals surface area contributed by atoms with Crippen LogP contribution in [0.15, 0.2) is 18.2 Å². The van der Waals surface area contributed by atoms with Crippen LogP contribution < -0.4 is 0 Å². The number of ketones is 1. The van der Waals surface area contributed by atoms with E-state index in [4.69, 9.17) is 0 Å². The number of Topliss-reactive ketones (excluding diaryl/α,β-unsaturated/α-hetero) is 1. The van der Waals surface area contributed by atoms with E-state index in [-0.39, 0.29) is 11.3 Å². The lowest BCUT2D eigenvalue weighted by Crippen LogP contribution is -2.24. The molecule has 1 nitrogen and oxygen atoms in total. The van der Waals surface area contributed by atoms with Gasteiger partial charge in [-0.2, -0.15) is 0 Å². The molecule has 0 spiro atoms. The van der Waals surface area contributed by atoms with E-state index >= 15 is 0 Å². The third-order valence-corrected chi connectivity index (χ3v) is 3.38. The molecule has 0 aromatic heterocycles. The minimum Gasteiger partial charge on any atom is -0.294 e. The highest BCUT2D eigenvalue weighted by Crippen LogP contribution is 2.40. The Hall–Kier alpha value is -1.25. The quantitative estimate of drug-likeness (QED) is 0.699. The molecular weight excluding hydrogens is 210 g/mol. The highest BCUT2D eigenvalue weighted by Gasteiger charge is 2.36. The number of rotatable bonds is 2. The average molecular weight is 224 g/mol. The molecule has 0 N–H and O–H groups in total. The highest BCUT2D eigenvalue weighted by atomic mass is 19.1. The summed E-state index contributed by atoms with van der Waals surface area (Å²) in [6.45, 7) is 1.88. The van der Waals surface area contributed by atoms with Gasteiger partial charge in [0.25, 0.3) is 0 Å². The van der Waals surface area contributed by atoms with Gasteiger partial charge in [0.1, 0.15) is 11.6 Å². The van der Waals surface area contributed by atoms with Crippen LogP contribution in [0.1, 0.15) is 43.0 Å². The van der Waals surface area contributed by atoms with Crippen molar-refractivity contribution in [3.8, 4) is 0 Å². The summed E-state index contributed by atoms with van der Waals surface area (Å²) in [5.41, 5.74) is -0.276. The maximum absolute atomic E-state index is 13.0. The van der Waals surface area contributed by atoms with E-state index < -0.39 is 17.0 Å². The number of carbonyl (C=O) groups is 1. The van der Waals surface area contributed by atoms with Crippen LogP contribution in [0, 0.1) is 17.0 Å². The first-order valence-electron chi connectivity index (χ1n) is 5.52. The number of hydrogen-bond acceptors (Lipinski definition) is 1. The summed E-state index contributed by atoms with van der Waals surface area (Å²) >= 11 is 0.